The highest BCUT2D eigenvalue weighted by atomic mass is 35.5. The van der Waals surface area contributed by atoms with Crippen molar-refractivity contribution in [2.45, 2.75) is 43.0 Å². The summed E-state index contributed by atoms with van der Waals surface area (Å²) in [5, 5.41) is 3.22. The molecule has 0 spiro atoms. The molecule has 2 fully saturated rings. The Balaban J connectivity index is 1.45. The van der Waals surface area contributed by atoms with Crippen molar-refractivity contribution in [3.8, 4) is 0 Å². The van der Waals surface area contributed by atoms with Gasteiger partial charge in [0.2, 0.25) is 15.9 Å². The fourth-order valence-corrected chi connectivity index (χ4v) is 5.57. The lowest BCUT2D eigenvalue weighted by Crippen LogP contribution is -2.49. The molecule has 0 aromatic heterocycles. The number of nitrogens with one attached hydrogen (secondary N) is 2. The van der Waals surface area contributed by atoms with Crippen molar-refractivity contribution in [3.05, 3.63) is 29.3 Å². The number of benzene rings is 1. The number of rotatable bonds is 6. The van der Waals surface area contributed by atoms with Crippen LogP contribution in [0.1, 0.15) is 32.1 Å². The molecule has 1 aromatic rings. The van der Waals surface area contributed by atoms with E-state index in [0.717, 1.165) is 25.7 Å². The van der Waals surface area contributed by atoms with Gasteiger partial charge in [0.25, 0.3) is 0 Å². The number of hydrogen-bond donors (Lipinski definition) is 3. The quantitative estimate of drug-likeness (QED) is 0.635. The van der Waals surface area contributed by atoms with Gasteiger partial charge in [0, 0.05) is 30.1 Å². The summed E-state index contributed by atoms with van der Waals surface area (Å²) >= 11 is 5.83. The zero-order chi connectivity index (χ0) is 18.7. The summed E-state index contributed by atoms with van der Waals surface area (Å²) in [6.07, 6.45) is 5.12. The summed E-state index contributed by atoms with van der Waals surface area (Å²) in [4.78, 5) is 12.5. The smallest absolute Gasteiger partial charge is 0.240 e. The maximum Gasteiger partial charge on any atom is 0.240 e. The SMILES string of the molecule is NC1C2CCCC1CC(C(=O)NCCNS(=O)(=O)c1cccc(Cl)c1)C2. The largest absolute Gasteiger partial charge is 0.355 e. The van der Waals surface area contributed by atoms with Crippen LogP contribution in [0.25, 0.3) is 0 Å². The van der Waals surface area contributed by atoms with E-state index in [-0.39, 0.29) is 35.9 Å². The molecule has 2 unspecified atom stereocenters. The highest BCUT2D eigenvalue weighted by Gasteiger charge is 2.40. The molecule has 3 rings (SSSR count). The molecule has 2 atom stereocenters. The van der Waals surface area contributed by atoms with Crippen LogP contribution in [0.4, 0.5) is 0 Å². The van der Waals surface area contributed by atoms with Gasteiger partial charge in [0.1, 0.15) is 0 Å². The van der Waals surface area contributed by atoms with Crippen LogP contribution in [-0.2, 0) is 14.8 Å². The lowest BCUT2D eigenvalue weighted by molar-refractivity contribution is -0.127. The van der Waals surface area contributed by atoms with Crippen LogP contribution in [0.3, 0.4) is 0 Å². The van der Waals surface area contributed by atoms with Gasteiger partial charge in [0.05, 0.1) is 4.90 Å². The summed E-state index contributed by atoms with van der Waals surface area (Å²) in [5.41, 5.74) is 6.26. The van der Waals surface area contributed by atoms with Crippen LogP contribution in [0.2, 0.25) is 5.02 Å². The minimum atomic E-state index is -3.63. The Bertz CT molecular complexity index is 742. The molecule has 26 heavy (non-hydrogen) atoms. The molecule has 2 bridgehead atoms. The van der Waals surface area contributed by atoms with E-state index in [2.05, 4.69) is 10.0 Å². The van der Waals surface area contributed by atoms with Gasteiger partial charge >= 0.3 is 0 Å². The average molecular weight is 400 g/mol. The normalized spacial score (nSPS) is 28.5. The number of sulfonamides is 1. The number of carbonyl (C=O) groups is 1. The van der Waals surface area contributed by atoms with Crippen molar-refractivity contribution in [3.63, 3.8) is 0 Å². The van der Waals surface area contributed by atoms with Crippen LogP contribution < -0.4 is 15.8 Å². The Kier molecular flexibility index (Phi) is 6.22. The second-order valence-electron chi connectivity index (χ2n) is 7.34. The highest BCUT2D eigenvalue weighted by molar-refractivity contribution is 7.89. The molecule has 1 amide bonds. The van der Waals surface area contributed by atoms with Gasteiger partial charge in [-0.05, 0) is 55.7 Å². The molecule has 2 aliphatic carbocycles. The molecule has 0 aliphatic heterocycles. The van der Waals surface area contributed by atoms with E-state index in [9.17, 15) is 13.2 Å². The summed E-state index contributed by atoms with van der Waals surface area (Å²) in [5.74, 6) is 0.893. The molecular formula is C18H26ClN3O3S. The van der Waals surface area contributed by atoms with Crippen molar-refractivity contribution in [2.24, 2.45) is 23.5 Å². The average Bonchev–Trinajstić information content (AvgIpc) is 2.58. The first kappa shape index (κ1) is 19.6. The van der Waals surface area contributed by atoms with Crippen LogP contribution >= 0.6 is 11.6 Å². The van der Waals surface area contributed by atoms with Crippen LogP contribution in [0, 0.1) is 17.8 Å². The first-order chi connectivity index (χ1) is 12.4. The number of fused-ring (bicyclic) bond motifs is 2. The monoisotopic (exact) mass is 399 g/mol. The van der Waals surface area contributed by atoms with Crippen LogP contribution in [0.5, 0.6) is 0 Å². The minimum absolute atomic E-state index is 0.00497. The summed E-state index contributed by atoms with van der Waals surface area (Å²) < 4.78 is 26.9. The van der Waals surface area contributed by atoms with Crippen molar-refractivity contribution in [2.75, 3.05) is 13.1 Å². The fourth-order valence-electron chi connectivity index (χ4n) is 4.24. The van der Waals surface area contributed by atoms with Crippen molar-refractivity contribution >= 4 is 27.5 Å². The van der Waals surface area contributed by atoms with Crippen molar-refractivity contribution < 1.29 is 13.2 Å². The Hall–Kier alpha value is -1.15. The molecule has 0 radical (unpaired) electrons. The molecule has 2 saturated carbocycles. The van der Waals surface area contributed by atoms with Crippen LogP contribution in [0.15, 0.2) is 29.2 Å². The Morgan fingerprint density at radius 2 is 1.88 bits per heavy atom. The first-order valence-corrected chi connectivity index (χ1v) is 11.0. The molecule has 0 saturated heterocycles. The zero-order valence-electron chi connectivity index (χ0n) is 14.7. The summed E-state index contributed by atoms with van der Waals surface area (Å²) in [6.45, 7) is 0.399. The Morgan fingerprint density at radius 3 is 2.54 bits per heavy atom. The molecule has 144 valence electrons. The van der Waals surface area contributed by atoms with E-state index in [4.69, 9.17) is 17.3 Å². The predicted octanol–water partition coefficient (Wildman–Crippen LogP) is 1.89. The maximum atomic E-state index is 12.4. The molecule has 8 heteroatoms. The van der Waals surface area contributed by atoms with Crippen LogP contribution in [-0.4, -0.2) is 33.5 Å². The summed E-state index contributed by atoms with van der Waals surface area (Å²) in [6, 6.07) is 6.32. The number of carbonyl (C=O) groups excluding carboxylic acids is 1. The predicted molar refractivity (Wildman–Crippen MR) is 101 cm³/mol. The van der Waals surface area contributed by atoms with Gasteiger partial charge in [-0.3, -0.25) is 4.79 Å². The topological polar surface area (TPSA) is 101 Å². The van der Waals surface area contributed by atoms with E-state index in [0.29, 0.717) is 16.9 Å². The number of nitrogens with two attached hydrogens (primary N) is 1. The van der Waals surface area contributed by atoms with E-state index in [1.54, 1.807) is 12.1 Å². The molecule has 1 aromatic carbocycles. The number of halogens is 1. The Morgan fingerprint density at radius 1 is 1.19 bits per heavy atom. The van der Waals surface area contributed by atoms with Gasteiger partial charge in [-0.2, -0.15) is 0 Å². The lowest BCUT2D eigenvalue weighted by atomic mass is 9.65. The van der Waals surface area contributed by atoms with Gasteiger partial charge < -0.3 is 11.1 Å². The highest BCUT2D eigenvalue weighted by Crippen LogP contribution is 2.41. The number of hydrogen-bond acceptors (Lipinski definition) is 4. The number of amides is 1. The molecular weight excluding hydrogens is 374 g/mol. The molecule has 2 aliphatic rings. The third-order valence-electron chi connectivity index (χ3n) is 5.61. The molecule has 6 nitrogen and oxygen atoms in total. The lowest BCUT2D eigenvalue weighted by Gasteiger charge is -2.43. The standard InChI is InChI=1S/C18H26ClN3O3S/c19-15-5-2-6-16(11-15)26(24,25)22-8-7-21-18(23)14-9-12-3-1-4-13(10-14)17(12)20/h2,5-6,11-14,17,22H,1,3-4,7-10,20H2,(H,21,23). The van der Waals surface area contributed by atoms with Gasteiger partial charge in [-0.15, -0.1) is 0 Å². The van der Waals surface area contributed by atoms with Gasteiger partial charge in [-0.1, -0.05) is 24.1 Å². The van der Waals surface area contributed by atoms with Gasteiger partial charge in [-0.25, -0.2) is 13.1 Å². The van der Waals surface area contributed by atoms with Crippen molar-refractivity contribution in [1.29, 1.82) is 0 Å². The van der Waals surface area contributed by atoms with Gasteiger partial charge in [0.15, 0.2) is 0 Å². The third-order valence-corrected chi connectivity index (χ3v) is 7.30. The minimum Gasteiger partial charge on any atom is -0.355 e. The van der Waals surface area contributed by atoms with Crippen molar-refractivity contribution in [1.82, 2.24) is 10.0 Å². The molecule has 4 N–H and O–H groups in total. The maximum absolute atomic E-state index is 12.4. The van der Waals surface area contributed by atoms with E-state index < -0.39 is 10.0 Å². The first-order valence-electron chi connectivity index (χ1n) is 9.15. The summed E-state index contributed by atoms with van der Waals surface area (Å²) in [7, 11) is -3.63. The molecule has 0 heterocycles. The second-order valence-corrected chi connectivity index (χ2v) is 9.55. The Labute approximate surface area is 159 Å². The fraction of sp³-hybridized carbons (Fsp3) is 0.611. The van der Waals surface area contributed by atoms with E-state index >= 15 is 0 Å². The van der Waals surface area contributed by atoms with E-state index in [1.807, 2.05) is 0 Å². The second kappa shape index (κ2) is 8.25. The third kappa shape index (κ3) is 4.57. The van der Waals surface area contributed by atoms with E-state index in [1.165, 1.54) is 18.6 Å². The zero-order valence-corrected chi connectivity index (χ0v) is 16.2.